The molecule has 2 N–H and O–H groups in total. The van der Waals surface area contributed by atoms with Gasteiger partial charge in [0, 0.05) is 18.5 Å². The highest BCUT2D eigenvalue weighted by atomic mass is 19.1. The molecule has 0 spiro atoms. The summed E-state index contributed by atoms with van der Waals surface area (Å²) < 4.78 is 40.3. The first-order valence-corrected chi connectivity index (χ1v) is 10.1. The van der Waals surface area contributed by atoms with Crippen LogP contribution in [0.25, 0.3) is 10.9 Å². The fourth-order valence-electron chi connectivity index (χ4n) is 3.42. The van der Waals surface area contributed by atoms with Gasteiger partial charge in [-0.1, -0.05) is 24.3 Å². The predicted octanol–water partition coefficient (Wildman–Crippen LogP) is 5.10. The van der Waals surface area contributed by atoms with E-state index in [0.717, 1.165) is 12.1 Å². The van der Waals surface area contributed by atoms with Crippen LogP contribution < -0.4 is 10.6 Å². The molecule has 1 heterocycles. The average Bonchev–Trinajstić information content (AvgIpc) is 2.82. The second-order valence-electron chi connectivity index (χ2n) is 7.39. The molecule has 1 aromatic heterocycles. The number of halogens is 3. The molecule has 4 aromatic rings. The summed E-state index contributed by atoms with van der Waals surface area (Å²) in [5.74, 6) is -2.58. The van der Waals surface area contributed by atoms with E-state index in [1.807, 2.05) is 0 Å². The Morgan fingerprint density at radius 3 is 2.00 bits per heavy atom. The van der Waals surface area contributed by atoms with Crippen LogP contribution in [-0.4, -0.2) is 15.8 Å². The molecule has 34 heavy (non-hydrogen) atoms. The minimum absolute atomic E-state index is 0.0318. The standard InChI is InChI=1S/C24H17F3N4O3/c25-16-5-1-14(2-6-16)12-28-23-22(31(33)34)21(19-11-18(27)9-10-20(19)30-23)24(32)29-13-15-3-7-17(26)8-4-15/h1-11H,12-13H2,(H,28,30)(H,29,32). The fourth-order valence-corrected chi connectivity index (χ4v) is 3.42. The molecule has 0 atom stereocenters. The van der Waals surface area contributed by atoms with Crippen molar-refractivity contribution in [1.82, 2.24) is 10.3 Å². The van der Waals surface area contributed by atoms with Crippen LogP contribution in [0.15, 0.2) is 66.7 Å². The van der Waals surface area contributed by atoms with Crippen LogP contribution in [0.3, 0.4) is 0 Å². The molecule has 0 unspecified atom stereocenters. The Kier molecular flexibility index (Phi) is 6.39. The lowest BCUT2D eigenvalue weighted by molar-refractivity contribution is -0.384. The third kappa shape index (κ3) is 4.96. The van der Waals surface area contributed by atoms with Crippen LogP contribution in [0.2, 0.25) is 0 Å². The zero-order valence-electron chi connectivity index (χ0n) is 17.5. The SMILES string of the molecule is O=C(NCc1ccc(F)cc1)c1c([N+](=O)[O-])c(NCc2ccc(F)cc2)nc2ccc(F)cc12. The van der Waals surface area contributed by atoms with Gasteiger partial charge in [-0.05, 0) is 53.6 Å². The van der Waals surface area contributed by atoms with E-state index in [1.54, 1.807) is 0 Å². The van der Waals surface area contributed by atoms with E-state index in [2.05, 4.69) is 15.6 Å². The van der Waals surface area contributed by atoms with Crippen molar-refractivity contribution in [3.63, 3.8) is 0 Å². The molecule has 0 bridgehead atoms. The highest BCUT2D eigenvalue weighted by molar-refractivity contribution is 6.11. The van der Waals surface area contributed by atoms with E-state index in [9.17, 15) is 28.1 Å². The molecule has 0 aliphatic carbocycles. The minimum atomic E-state index is -0.821. The number of hydrogen-bond donors (Lipinski definition) is 2. The predicted molar refractivity (Wildman–Crippen MR) is 120 cm³/mol. The third-order valence-electron chi connectivity index (χ3n) is 5.07. The molecular weight excluding hydrogens is 449 g/mol. The second kappa shape index (κ2) is 9.57. The Morgan fingerprint density at radius 1 is 0.853 bits per heavy atom. The summed E-state index contributed by atoms with van der Waals surface area (Å²) in [5, 5.41) is 17.4. The first kappa shape index (κ1) is 22.7. The first-order chi connectivity index (χ1) is 16.3. The zero-order valence-corrected chi connectivity index (χ0v) is 17.5. The van der Waals surface area contributed by atoms with Crippen LogP contribution >= 0.6 is 0 Å². The zero-order chi connectivity index (χ0) is 24.2. The summed E-state index contributed by atoms with van der Waals surface area (Å²) in [4.78, 5) is 28.6. The van der Waals surface area contributed by atoms with E-state index in [1.165, 1.54) is 54.6 Å². The van der Waals surface area contributed by atoms with Crippen LogP contribution in [0.1, 0.15) is 21.5 Å². The summed E-state index contributed by atoms with van der Waals surface area (Å²) in [6.45, 7) is 0.0329. The number of anilines is 1. The van der Waals surface area contributed by atoms with Gasteiger partial charge in [0.1, 0.15) is 23.0 Å². The van der Waals surface area contributed by atoms with Gasteiger partial charge in [0.25, 0.3) is 5.91 Å². The van der Waals surface area contributed by atoms with E-state index >= 15 is 0 Å². The molecule has 10 heteroatoms. The summed E-state index contributed by atoms with van der Waals surface area (Å²) in [5.41, 5.74) is 0.367. The highest BCUT2D eigenvalue weighted by Crippen LogP contribution is 2.34. The number of benzene rings is 3. The van der Waals surface area contributed by atoms with Crippen LogP contribution in [-0.2, 0) is 13.1 Å². The normalized spacial score (nSPS) is 10.8. The maximum atomic E-state index is 14.0. The second-order valence-corrected chi connectivity index (χ2v) is 7.39. The van der Waals surface area contributed by atoms with E-state index < -0.39 is 34.0 Å². The van der Waals surface area contributed by atoms with Gasteiger partial charge in [0.05, 0.1) is 10.4 Å². The molecule has 0 saturated heterocycles. The van der Waals surface area contributed by atoms with Crippen molar-refractivity contribution in [3.8, 4) is 0 Å². The number of aromatic nitrogens is 1. The molecule has 7 nitrogen and oxygen atoms in total. The number of nitrogens with zero attached hydrogens (tertiary/aromatic N) is 2. The van der Waals surface area contributed by atoms with Crippen molar-refractivity contribution in [2.45, 2.75) is 13.1 Å². The summed E-state index contributed by atoms with van der Waals surface area (Å²) in [6, 6.07) is 14.3. The van der Waals surface area contributed by atoms with Crippen LogP contribution in [0.4, 0.5) is 24.7 Å². The van der Waals surface area contributed by atoms with E-state index in [4.69, 9.17) is 0 Å². The Hall–Kier alpha value is -4.47. The van der Waals surface area contributed by atoms with Gasteiger partial charge in [0.2, 0.25) is 5.82 Å². The lowest BCUT2D eigenvalue weighted by atomic mass is 10.0. The van der Waals surface area contributed by atoms with Gasteiger partial charge in [-0.2, -0.15) is 0 Å². The maximum absolute atomic E-state index is 14.0. The Balaban J connectivity index is 1.73. The van der Waals surface area contributed by atoms with Gasteiger partial charge < -0.3 is 10.6 Å². The number of amides is 1. The summed E-state index contributed by atoms with van der Waals surface area (Å²) in [6.07, 6.45) is 0. The Labute approximate surface area is 191 Å². The molecule has 0 radical (unpaired) electrons. The number of rotatable bonds is 7. The quantitative estimate of drug-likeness (QED) is 0.292. The Bertz CT molecular complexity index is 1380. The number of hydrogen-bond acceptors (Lipinski definition) is 5. The van der Waals surface area contributed by atoms with E-state index in [0.29, 0.717) is 11.1 Å². The van der Waals surface area contributed by atoms with Gasteiger partial charge in [-0.25, -0.2) is 18.2 Å². The topological polar surface area (TPSA) is 97.2 Å². The number of nitro groups is 1. The average molecular weight is 466 g/mol. The largest absolute Gasteiger partial charge is 0.360 e. The van der Waals surface area contributed by atoms with Crippen molar-refractivity contribution in [2.24, 2.45) is 0 Å². The van der Waals surface area contributed by atoms with Crippen LogP contribution in [0, 0.1) is 27.6 Å². The lowest BCUT2D eigenvalue weighted by Gasteiger charge is -2.13. The van der Waals surface area contributed by atoms with Gasteiger partial charge in [0.15, 0.2) is 0 Å². The van der Waals surface area contributed by atoms with Crippen LogP contribution in [0.5, 0.6) is 0 Å². The van der Waals surface area contributed by atoms with Gasteiger partial charge in [-0.15, -0.1) is 0 Å². The number of fused-ring (bicyclic) bond motifs is 1. The maximum Gasteiger partial charge on any atom is 0.324 e. The minimum Gasteiger partial charge on any atom is -0.360 e. The van der Waals surface area contributed by atoms with Crippen molar-refractivity contribution >= 4 is 28.3 Å². The number of carbonyl (C=O) groups excluding carboxylic acids is 1. The lowest BCUT2D eigenvalue weighted by Crippen LogP contribution is -2.25. The van der Waals surface area contributed by atoms with E-state index in [-0.39, 0.29) is 35.4 Å². The molecule has 0 aliphatic heterocycles. The third-order valence-corrected chi connectivity index (χ3v) is 5.07. The van der Waals surface area contributed by atoms with Gasteiger partial charge in [-0.3, -0.25) is 14.9 Å². The molecular formula is C24H17F3N4O3. The summed E-state index contributed by atoms with van der Waals surface area (Å²) in [7, 11) is 0. The molecule has 0 saturated carbocycles. The molecule has 1 amide bonds. The number of pyridine rings is 1. The smallest absolute Gasteiger partial charge is 0.324 e. The molecule has 0 fully saturated rings. The van der Waals surface area contributed by atoms with Crippen molar-refractivity contribution in [2.75, 3.05) is 5.32 Å². The molecule has 172 valence electrons. The molecule has 3 aromatic carbocycles. The number of nitrogens with one attached hydrogen (secondary N) is 2. The monoisotopic (exact) mass is 466 g/mol. The van der Waals surface area contributed by atoms with Crippen molar-refractivity contribution < 1.29 is 22.9 Å². The number of carbonyl (C=O) groups is 1. The fraction of sp³-hybridized carbons (Fsp3) is 0.0833. The van der Waals surface area contributed by atoms with Crippen molar-refractivity contribution in [3.05, 3.63) is 111 Å². The first-order valence-electron chi connectivity index (χ1n) is 10.1. The highest BCUT2D eigenvalue weighted by Gasteiger charge is 2.29. The van der Waals surface area contributed by atoms with Crippen molar-refractivity contribution in [1.29, 1.82) is 0 Å². The molecule has 0 aliphatic rings. The molecule has 4 rings (SSSR count). The van der Waals surface area contributed by atoms with Gasteiger partial charge >= 0.3 is 5.69 Å². The Morgan fingerprint density at radius 2 is 1.41 bits per heavy atom. The summed E-state index contributed by atoms with van der Waals surface area (Å²) >= 11 is 0.